The second-order valence-electron chi connectivity index (χ2n) is 2.62. The number of ether oxygens (including phenoxy) is 1. The molecule has 3 nitrogen and oxygen atoms in total. The lowest BCUT2D eigenvalue weighted by Gasteiger charge is -2.41. The predicted molar refractivity (Wildman–Crippen MR) is 31.2 cm³/mol. The predicted octanol–water partition coefficient (Wildman–Crippen LogP) is 0.496. The number of carboxylic acid groups (broad SMARTS) is 1. The van der Waals surface area contributed by atoms with Crippen LogP contribution < -0.4 is 0 Å². The van der Waals surface area contributed by atoms with Gasteiger partial charge in [0.05, 0.1) is 6.61 Å². The van der Waals surface area contributed by atoms with Crippen molar-refractivity contribution in [3.63, 3.8) is 0 Å². The number of aliphatic carboxylic acids is 1. The van der Waals surface area contributed by atoms with E-state index in [-0.39, 0.29) is 5.92 Å². The third kappa shape index (κ3) is 0.721. The lowest BCUT2D eigenvalue weighted by Crippen LogP contribution is -2.55. The van der Waals surface area contributed by atoms with E-state index in [1.165, 1.54) is 0 Å². The maximum atomic E-state index is 10.4. The lowest BCUT2D eigenvalue weighted by atomic mass is 9.86. The minimum atomic E-state index is -0.903. The Kier molecular flexibility index (Phi) is 1.24. The van der Waals surface area contributed by atoms with Crippen molar-refractivity contribution in [3.8, 4) is 0 Å². The third-order valence-corrected chi connectivity index (χ3v) is 2.00. The van der Waals surface area contributed by atoms with Crippen LogP contribution in [-0.2, 0) is 9.53 Å². The molecule has 1 aliphatic rings. The second kappa shape index (κ2) is 1.70. The van der Waals surface area contributed by atoms with E-state index in [2.05, 4.69) is 0 Å². The Hall–Kier alpha value is -0.570. The van der Waals surface area contributed by atoms with Crippen LogP contribution in [0.3, 0.4) is 0 Å². The van der Waals surface area contributed by atoms with E-state index in [1.54, 1.807) is 6.92 Å². The molecule has 1 saturated heterocycles. The molecule has 2 atom stereocenters. The van der Waals surface area contributed by atoms with E-state index in [0.717, 1.165) is 0 Å². The van der Waals surface area contributed by atoms with Crippen molar-refractivity contribution >= 4 is 5.97 Å². The third-order valence-electron chi connectivity index (χ3n) is 2.00. The average molecular weight is 130 g/mol. The fraction of sp³-hybridized carbons (Fsp3) is 0.833. The van der Waals surface area contributed by atoms with Gasteiger partial charge in [0.15, 0.2) is 5.60 Å². The van der Waals surface area contributed by atoms with Gasteiger partial charge in [-0.1, -0.05) is 6.92 Å². The van der Waals surface area contributed by atoms with Crippen molar-refractivity contribution in [3.05, 3.63) is 0 Å². The van der Waals surface area contributed by atoms with Gasteiger partial charge in [0.25, 0.3) is 0 Å². The number of rotatable bonds is 1. The van der Waals surface area contributed by atoms with Gasteiger partial charge >= 0.3 is 5.97 Å². The summed E-state index contributed by atoms with van der Waals surface area (Å²) in [7, 11) is 0. The highest BCUT2D eigenvalue weighted by Gasteiger charge is 2.48. The minimum Gasteiger partial charge on any atom is -0.479 e. The van der Waals surface area contributed by atoms with Gasteiger partial charge in [-0.25, -0.2) is 4.79 Å². The highest BCUT2D eigenvalue weighted by molar-refractivity contribution is 5.78. The molecule has 1 fully saturated rings. The molecule has 1 rings (SSSR count). The molecule has 0 aromatic carbocycles. The Morgan fingerprint density at radius 2 is 2.44 bits per heavy atom. The van der Waals surface area contributed by atoms with Crippen molar-refractivity contribution in [2.24, 2.45) is 5.92 Å². The molecule has 0 radical (unpaired) electrons. The summed E-state index contributed by atoms with van der Waals surface area (Å²) in [5.74, 6) is -0.712. The molecule has 0 bridgehead atoms. The van der Waals surface area contributed by atoms with Gasteiger partial charge in [0.2, 0.25) is 0 Å². The van der Waals surface area contributed by atoms with Crippen molar-refractivity contribution in [2.75, 3.05) is 6.61 Å². The van der Waals surface area contributed by atoms with Gasteiger partial charge in [0, 0.05) is 5.92 Å². The Morgan fingerprint density at radius 1 is 1.89 bits per heavy atom. The van der Waals surface area contributed by atoms with Crippen LogP contribution in [0.15, 0.2) is 0 Å². The van der Waals surface area contributed by atoms with Crippen molar-refractivity contribution < 1.29 is 14.6 Å². The largest absolute Gasteiger partial charge is 0.479 e. The van der Waals surface area contributed by atoms with Gasteiger partial charge in [-0.05, 0) is 6.92 Å². The summed E-state index contributed by atoms with van der Waals surface area (Å²) in [4.78, 5) is 10.4. The van der Waals surface area contributed by atoms with Gasteiger partial charge in [0.1, 0.15) is 0 Å². The number of hydrogen-bond donors (Lipinski definition) is 1. The number of carbonyl (C=O) groups is 1. The van der Waals surface area contributed by atoms with E-state index in [9.17, 15) is 4.79 Å². The summed E-state index contributed by atoms with van der Waals surface area (Å²) < 4.78 is 4.89. The fourth-order valence-electron chi connectivity index (χ4n) is 0.773. The summed E-state index contributed by atoms with van der Waals surface area (Å²) in [6.07, 6.45) is 0. The molecule has 1 N–H and O–H groups in total. The van der Waals surface area contributed by atoms with Gasteiger partial charge in [-0.3, -0.25) is 0 Å². The van der Waals surface area contributed by atoms with E-state index in [4.69, 9.17) is 9.84 Å². The zero-order chi connectivity index (χ0) is 7.07. The van der Waals surface area contributed by atoms with E-state index >= 15 is 0 Å². The molecular weight excluding hydrogens is 120 g/mol. The Bertz CT molecular complexity index is 143. The SMILES string of the molecule is CC1COC1(C)C(=O)O. The Balaban J connectivity index is 2.64. The minimum absolute atomic E-state index is 0.148. The maximum Gasteiger partial charge on any atom is 0.336 e. The van der Waals surface area contributed by atoms with Crippen molar-refractivity contribution in [1.82, 2.24) is 0 Å². The normalized spacial score (nSPS) is 41.8. The molecule has 1 aliphatic heterocycles. The standard InChI is InChI=1S/C6H10O3/c1-4-3-9-6(4,2)5(7)8/h4H,3H2,1-2H3,(H,7,8). The van der Waals surface area contributed by atoms with Crippen LogP contribution in [-0.4, -0.2) is 23.3 Å². The molecule has 0 aromatic rings. The van der Waals surface area contributed by atoms with Crippen LogP contribution in [0.5, 0.6) is 0 Å². The summed E-state index contributed by atoms with van der Waals surface area (Å²) >= 11 is 0. The van der Waals surface area contributed by atoms with Gasteiger partial charge in [-0.15, -0.1) is 0 Å². The number of hydrogen-bond acceptors (Lipinski definition) is 2. The zero-order valence-electron chi connectivity index (χ0n) is 5.55. The molecular formula is C6H10O3. The first kappa shape index (κ1) is 6.55. The smallest absolute Gasteiger partial charge is 0.336 e. The Morgan fingerprint density at radius 3 is 2.44 bits per heavy atom. The monoisotopic (exact) mass is 130 g/mol. The summed E-state index contributed by atoms with van der Waals surface area (Å²) in [5.41, 5.74) is -0.903. The van der Waals surface area contributed by atoms with E-state index in [1.807, 2.05) is 6.92 Å². The van der Waals surface area contributed by atoms with Gasteiger partial charge in [-0.2, -0.15) is 0 Å². The maximum absolute atomic E-state index is 10.4. The Labute approximate surface area is 53.6 Å². The van der Waals surface area contributed by atoms with Crippen LogP contribution >= 0.6 is 0 Å². The zero-order valence-corrected chi connectivity index (χ0v) is 5.55. The molecule has 3 heteroatoms. The van der Waals surface area contributed by atoms with Crippen LogP contribution in [0.4, 0.5) is 0 Å². The molecule has 1 heterocycles. The van der Waals surface area contributed by atoms with E-state index < -0.39 is 11.6 Å². The quantitative estimate of drug-likeness (QED) is 0.562. The van der Waals surface area contributed by atoms with Crippen LogP contribution in [0.1, 0.15) is 13.8 Å². The summed E-state index contributed by atoms with van der Waals surface area (Å²) in [6.45, 7) is 4.05. The summed E-state index contributed by atoms with van der Waals surface area (Å²) in [5, 5.41) is 8.54. The molecule has 9 heavy (non-hydrogen) atoms. The lowest BCUT2D eigenvalue weighted by molar-refractivity contribution is -0.211. The highest BCUT2D eigenvalue weighted by atomic mass is 16.5. The first-order chi connectivity index (χ1) is 4.07. The fourth-order valence-corrected chi connectivity index (χ4v) is 0.773. The topological polar surface area (TPSA) is 46.5 Å². The van der Waals surface area contributed by atoms with Crippen molar-refractivity contribution in [2.45, 2.75) is 19.4 Å². The second-order valence-corrected chi connectivity index (χ2v) is 2.62. The van der Waals surface area contributed by atoms with Crippen LogP contribution in [0, 0.1) is 5.92 Å². The molecule has 0 amide bonds. The van der Waals surface area contributed by atoms with Crippen molar-refractivity contribution in [1.29, 1.82) is 0 Å². The van der Waals surface area contributed by atoms with Crippen LogP contribution in [0.25, 0.3) is 0 Å². The molecule has 0 aromatic heterocycles. The average Bonchev–Trinajstić information content (AvgIpc) is 1.82. The van der Waals surface area contributed by atoms with Gasteiger partial charge < -0.3 is 9.84 Å². The molecule has 0 saturated carbocycles. The molecule has 2 unspecified atom stereocenters. The highest BCUT2D eigenvalue weighted by Crippen LogP contribution is 2.31. The molecule has 0 aliphatic carbocycles. The summed E-state index contributed by atoms with van der Waals surface area (Å²) in [6, 6.07) is 0. The van der Waals surface area contributed by atoms with Crippen LogP contribution in [0.2, 0.25) is 0 Å². The first-order valence-corrected chi connectivity index (χ1v) is 2.94. The first-order valence-electron chi connectivity index (χ1n) is 2.94. The number of carboxylic acids is 1. The molecule has 52 valence electrons. The molecule has 0 spiro atoms. The van der Waals surface area contributed by atoms with E-state index in [0.29, 0.717) is 6.61 Å².